The Balaban J connectivity index is 1.83. The molecule has 1 aromatic heterocycles. The standard InChI is InChI=1S/C27H32ClFN4O2/c1-4-7-10-16-34-27-31-24-19(26(32-27)33(5-2)6-3)13-11-14-22(24)35-25-18-12-8-9-15-30-21(18)17-20(29)23(25)28/h8,11-14,17,30H,4-7,9-10,15-16H2,1-3H3. The van der Waals surface area contributed by atoms with E-state index in [-0.39, 0.29) is 10.8 Å². The molecule has 4 rings (SSSR count). The lowest BCUT2D eigenvalue weighted by molar-refractivity contribution is 0.284. The fourth-order valence-electron chi connectivity index (χ4n) is 4.15. The third kappa shape index (κ3) is 5.45. The van der Waals surface area contributed by atoms with Gasteiger partial charge in [-0.2, -0.15) is 9.97 Å². The van der Waals surface area contributed by atoms with E-state index >= 15 is 0 Å². The SMILES string of the molecule is CCCCCOc1nc(N(CC)CC)c2cccc(Oc3c(Cl)c(F)cc4c3C=CCCN4)c2n1. The van der Waals surface area contributed by atoms with Crippen LogP contribution in [0, 0.1) is 5.82 Å². The van der Waals surface area contributed by atoms with Crippen LogP contribution in [-0.4, -0.2) is 36.2 Å². The van der Waals surface area contributed by atoms with Crippen molar-refractivity contribution in [1.82, 2.24) is 9.97 Å². The lowest BCUT2D eigenvalue weighted by Gasteiger charge is -2.23. The first-order valence-corrected chi connectivity index (χ1v) is 12.7. The van der Waals surface area contributed by atoms with Crippen molar-refractivity contribution in [2.24, 2.45) is 0 Å². The van der Waals surface area contributed by atoms with Crippen molar-refractivity contribution in [2.45, 2.75) is 46.5 Å². The van der Waals surface area contributed by atoms with E-state index in [0.717, 1.165) is 50.0 Å². The molecule has 1 N–H and O–H groups in total. The molecule has 0 radical (unpaired) electrons. The molecule has 2 heterocycles. The topological polar surface area (TPSA) is 59.5 Å². The largest absolute Gasteiger partial charge is 0.463 e. The molecule has 186 valence electrons. The number of fused-ring (bicyclic) bond motifs is 2. The number of hydrogen-bond donors (Lipinski definition) is 1. The monoisotopic (exact) mass is 498 g/mol. The molecule has 0 fully saturated rings. The Morgan fingerprint density at radius 2 is 1.97 bits per heavy atom. The van der Waals surface area contributed by atoms with Gasteiger partial charge in [-0.1, -0.05) is 49.6 Å². The number of aromatic nitrogens is 2. The van der Waals surface area contributed by atoms with Crippen LogP contribution in [0.3, 0.4) is 0 Å². The fraction of sp³-hybridized carbons (Fsp3) is 0.407. The molecule has 8 heteroatoms. The summed E-state index contributed by atoms with van der Waals surface area (Å²) in [7, 11) is 0. The molecule has 2 aromatic carbocycles. The summed E-state index contributed by atoms with van der Waals surface area (Å²) in [6.07, 6.45) is 7.87. The quantitative estimate of drug-likeness (QED) is 0.293. The first kappa shape index (κ1) is 25.0. The molecular weight excluding hydrogens is 467 g/mol. The van der Waals surface area contributed by atoms with Crippen molar-refractivity contribution in [3.63, 3.8) is 0 Å². The molecule has 35 heavy (non-hydrogen) atoms. The summed E-state index contributed by atoms with van der Waals surface area (Å²) < 4.78 is 27.0. The minimum Gasteiger partial charge on any atom is -0.463 e. The number of ether oxygens (including phenoxy) is 2. The average Bonchev–Trinajstić information content (AvgIpc) is 3.11. The van der Waals surface area contributed by atoms with Crippen molar-refractivity contribution in [2.75, 3.05) is 36.5 Å². The number of unbranched alkanes of at least 4 members (excludes halogenated alkanes) is 2. The van der Waals surface area contributed by atoms with Crippen molar-refractivity contribution < 1.29 is 13.9 Å². The number of halogens is 2. The average molecular weight is 499 g/mol. The number of nitrogens with one attached hydrogen (secondary N) is 1. The van der Waals surface area contributed by atoms with Gasteiger partial charge in [-0.3, -0.25) is 0 Å². The summed E-state index contributed by atoms with van der Waals surface area (Å²) in [5.74, 6) is 0.959. The number of benzene rings is 2. The summed E-state index contributed by atoms with van der Waals surface area (Å²) in [5, 5.41) is 4.01. The maximum atomic E-state index is 14.7. The van der Waals surface area contributed by atoms with E-state index in [2.05, 4.69) is 31.0 Å². The minimum atomic E-state index is -0.540. The molecule has 0 bridgehead atoms. The summed E-state index contributed by atoms with van der Waals surface area (Å²) >= 11 is 6.41. The molecule has 1 aliphatic rings. The van der Waals surface area contributed by atoms with Crippen LogP contribution >= 0.6 is 11.6 Å². The van der Waals surface area contributed by atoms with Crippen LogP contribution in [0.2, 0.25) is 5.02 Å². The van der Waals surface area contributed by atoms with E-state index in [1.54, 1.807) is 0 Å². The Morgan fingerprint density at radius 1 is 1.14 bits per heavy atom. The van der Waals surface area contributed by atoms with E-state index in [1.165, 1.54) is 6.07 Å². The third-order valence-electron chi connectivity index (χ3n) is 6.03. The van der Waals surface area contributed by atoms with E-state index in [9.17, 15) is 4.39 Å². The summed E-state index contributed by atoms with van der Waals surface area (Å²) in [5.41, 5.74) is 1.95. The van der Waals surface area contributed by atoms with Crippen molar-refractivity contribution in [3.8, 4) is 17.5 Å². The molecule has 0 unspecified atom stereocenters. The maximum absolute atomic E-state index is 14.7. The van der Waals surface area contributed by atoms with Crippen LogP contribution in [0.5, 0.6) is 17.5 Å². The van der Waals surface area contributed by atoms with Crippen molar-refractivity contribution in [3.05, 3.63) is 46.7 Å². The highest BCUT2D eigenvalue weighted by Crippen LogP contribution is 2.43. The smallest absolute Gasteiger partial charge is 0.319 e. The molecule has 0 atom stereocenters. The van der Waals surface area contributed by atoms with E-state index in [4.69, 9.17) is 31.0 Å². The molecule has 6 nitrogen and oxygen atoms in total. The molecular formula is C27H32ClFN4O2. The molecule has 0 aliphatic carbocycles. The Morgan fingerprint density at radius 3 is 2.74 bits per heavy atom. The van der Waals surface area contributed by atoms with Gasteiger partial charge in [-0.05, 0) is 44.9 Å². The van der Waals surface area contributed by atoms with E-state index in [0.29, 0.717) is 41.7 Å². The molecule has 0 saturated heterocycles. The zero-order valence-electron chi connectivity index (χ0n) is 20.5. The van der Waals surface area contributed by atoms with Crippen LogP contribution in [0.1, 0.15) is 52.0 Å². The van der Waals surface area contributed by atoms with Gasteiger partial charge in [-0.15, -0.1) is 0 Å². The zero-order valence-corrected chi connectivity index (χ0v) is 21.3. The van der Waals surface area contributed by atoms with Crippen LogP contribution < -0.4 is 19.7 Å². The van der Waals surface area contributed by atoms with E-state index in [1.807, 2.05) is 30.4 Å². The first-order valence-electron chi connectivity index (χ1n) is 12.4. The Hall–Kier alpha value is -3.06. The van der Waals surface area contributed by atoms with Gasteiger partial charge in [0.15, 0.2) is 11.5 Å². The second kappa shape index (κ2) is 11.6. The normalized spacial score (nSPS) is 12.7. The lowest BCUT2D eigenvalue weighted by atomic mass is 10.1. The second-order valence-electron chi connectivity index (χ2n) is 8.39. The van der Waals surface area contributed by atoms with Gasteiger partial charge in [0.25, 0.3) is 0 Å². The second-order valence-corrected chi connectivity index (χ2v) is 8.77. The lowest BCUT2D eigenvalue weighted by Crippen LogP contribution is -2.23. The van der Waals surface area contributed by atoms with Gasteiger partial charge < -0.3 is 19.7 Å². The number of rotatable bonds is 10. The Kier molecular flexibility index (Phi) is 8.29. The van der Waals surface area contributed by atoms with Gasteiger partial charge in [0.1, 0.15) is 22.2 Å². The Labute approximate surface area is 211 Å². The first-order chi connectivity index (χ1) is 17.1. The number of nitrogens with zero attached hydrogens (tertiary/aromatic N) is 3. The summed E-state index contributed by atoms with van der Waals surface area (Å²) in [6, 6.07) is 7.37. The highest BCUT2D eigenvalue weighted by molar-refractivity contribution is 6.32. The molecule has 1 aliphatic heterocycles. The molecule has 3 aromatic rings. The van der Waals surface area contributed by atoms with Crippen molar-refractivity contribution in [1.29, 1.82) is 0 Å². The fourth-order valence-corrected chi connectivity index (χ4v) is 4.34. The van der Waals surface area contributed by atoms with Gasteiger partial charge in [0.2, 0.25) is 0 Å². The number of para-hydroxylation sites is 1. The van der Waals surface area contributed by atoms with Crippen LogP contribution in [0.4, 0.5) is 15.9 Å². The predicted octanol–water partition coefficient (Wildman–Crippen LogP) is 7.46. The van der Waals surface area contributed by atoms with E-state index < -0.39 is 5.82 Å². The van der Waals surface area contributed by atoms with Crippen LogP contribution in [0.15, 0.2) is 30.3 Å². The number of anilines is 2. The van der Waals surface area contributed by atoms with Crippen LogP contribution in [-0.2, 0) is 0 Å². The predicted molar refractivity (Wildman–Crippen MR) is 142 cm³/mol. The molecule has 0 saturated carbocycles. The number of hydrogen-bond acceptors (Lipinski definition) is 6. The summed E-state index contributed by atoms with van der Waals surface area (Å²) in [4.78, 5) is 11.6. The molecule has 0 spiro atoms. The van der Waals surface area contributed by atoms with Crippen LogP contribution in [0.25, 0.3) is 17.0 Å². The van der Waals surface area contributed by atoms with Gasteiger partial charge >= 0.3 is 6.01 Å². The highest BCUT2D eigenvalue weighted by Gasteiger charge is 2.22. The summed E-state index contributed by atoms with van der Waals surface area (Å²) in [6.45, 7) is 9.13. The Bertz CT molecular complexity index is 1210. The van der Waals surface area contributed by atoms with Gasteiger partial charge in [0, 0.05) is 36.3 Å². The van der Waals surface area contributed by atoms with Crippen molar-refractivity contribution >= 4 is 40.1 Å². The highest BCUT2D eigenvalue weighted by atomic mass is 35.5. The van der Waals surface area contributed by atoms with Gasteiger partial charge in [-0.25, -0.2) is 4.39 Å². The van der Waals surface area contributed by atoms with Gasteiger partial charge in [0.05, 0.1) is 6.61 Å². The zero-order chi connectivity index (χ0) is 24.8. The molecule has 0 amide bonds. The minimum absolute atomic E-state index is 0.0665. The maximum Gasteiger partial charge on any atom is 0.319 e. The third-order valence-corrected chi connectivity index (χ3v) is 6.38.